The molecule has 0 aromatic carbocycles. The quantitative estimate of drug-likeness (QED) is 0.436. The molecule has 0 aromatic heterocycles. The van der Waals surface area contributed by atoms with Crippen LogP contribution in [0.2, 0.25) is 0 Å². The van der Waals surface area contributed by atoms with Crippen LogP contribution in [0.15, 0.2) is 5.16 Å². The van der Waals surface area contributed by atoms with Crippen molar-refractivity contribution in [3.05, 3.63) is 0 Å². The van der Waals surface area contributed by atoms with Crippen molar-refractivity contribution in [1.82, 2.24) is 0 Å². The molecule has 0 heterocycles. The van der Waals surface area contributed by atoms with Gasteiger partial charge < -0.3 is 5.21 Å². The van der Waals surface area contributed by atoms with Crippen LogP contribution >= 0.6 is 0 Å². The summed E-state index contributed by atoms with van der Waals surface area (Å²) in [6.45, 7) is 6.97. The van der Waals surface area contributed by atoms with E-state index in [-0.39, 0.29) is 0 Å². The van der Waals surface area contributed by atoms with E-state index in [1.54, 1.807) is 0 Å². The highest BCUT2D eigenvalue weighted by Crippen LogP contribution is 2.57. The summed E-state index contributed by atoms with van der Waals surface area (Å²) in [7, 11) is 0. The summed E-state index contributed by atoms with van der Waals surface area (Å²) < 4.78 is 0. The van der Waals surface area contributed by atoms with Gasteiger partial charge in [0.05, 0.1) is 5.71 Å². The van der Waals surface area contributed by atoms with Gasteiger partial charge in [-0.05, 0) is 30.1 Å². The van der Waals surface area contributed by atoms with E-state index in [1.165, 1.54) is 6.42 Å². The molecular weight excluding hydrogens is 150 g/mol. The number of oxime groups is 1. The van der Waals surface area contributed by atoms with Gasteiger partial charge in [0.15, 0.2) is 0 Å². The SMILES string of the molecule is C[C@H]1[C@H]2C[C@H](C/C2=N\O)C1(C)C. The number of rotatable bonds is 0. The molecule has 68 valence electrons. The Kier molecular flexibility index (Phi) is 1.51. The van der Waals surface area contributed by atoms with E-state index in [9.17, 15) is 0 Å². The molecule has 2 nitrogen and oxygen atoms in total. The summed E-state index contributed by atoms with van der Waals surface area (Å²) in [4.78, 5) is 0. The Morgan fingerprint density at radius 2 is 2.17 bits per heavy atom. The van der Waals surface area contributed by atoms with Gasteiger partial charge in [-0.3, -0.25) is 0 Å². The Morgan fingerprint density at radius 3 is 2.58 bits per heavy atom. The van der Waals surface area contributed by atoms with Crippen LogP contribution in [0.3, 0.4) is 0 Å². The second-order valence-electron chi connectivity index (χ2n) is 4.94. The Morgan fingerprint density at radius 1 is 1.50 bits per heavy atom. The maximum absolute atomic E-state index is 8.76. The van der Waals surface area contributed by atoms with Crippen molar-refractivity contribution < 1.29 is 5.21 Å². The van der Waals surface area contributed by atoms with E-state index in [2.05, 4.69) is 25.9 Å². The Hall–Kier alpha value is -0.530. The van der Waals surface area contributed by atoms with E-state index in [4.69, 9.17) is 5.21 Å². The van der Waals surface area contributed by atoms with Gasteiger partial charge in [-0.1, -0.05) is 25.9 Å². The maximum atomic E-state index is 8.76. The molecular formula is C10H17NO. The first-order valence-corrected chi connectivity index (χ1v) is 4.78. The van der Waals surface area contributed by atoms with Crippen molar-refractivity contribution >= 4 is 5.71 Å². The molecule has 0 saturated heterocycles. The first-order valence-electron chi connectivity index (χ1n) is 4.78. The molecule has 1 N–H and O–H groups in total. The first kappa shape index (κ1) is 8.09. The topological polar surface area (TPSA) is 32.6 Å². The maximum Gasteiger partial charge on any atom is 0.0607 e. The highest BCUT2D eigenvalue weighted by Gasteiger charge is 2.53. The van der Waals surface area contributed by atoms with Gasteiger partial charge in [0, 0.05) is 5.92 Å². The predicted molar refractivity (Wildman–Crippen MR) is 48.4 cm³/mol. The van der Waals surface area contributed by atoms with Crippen LogP contribution in [0, 0.1) is 23.2 Å². The normalized spacial score (nSPS) is 47.2. The minimum Gasteiger partial charge on any atom is -0.411 e. The lowest BCUT2D eigenvalue weighted by Crippen LogP contribution is -2.33. The van der Waals surface area contributed by atoms with Gasteiger partial charge in [-0.2, -0.15) is 0 Å². The van der Waals surface area contributed by atoms with Crippen molar-refractivity contribution in [3.63, 3.8) is 0 Å². The summed E-state index contributed by atoms with van der Waals surface area (Å²) >= 11 is 0. The Balaban J connectivity index is 2.29. The molecule has 0 radical (unpaired) electrons. The van der Waals surface area contributed by atoms with Crippen molar-refractivity contribution in [3.8, 4) is 0 Å². The second kappa shape index (κ2) is 2.24. The van der Waals surface area contributed by atoms with Crippen LogP contribution in [0.5, 0.6) is 0 Å². The summed E-state index contributed by atoms with van der Waals surface area (Å²) in [6, 6.07) is 0. The minimum absolute atomic E-state index is 0.457. The third-order valence-electron chi connectivity index (χ3n) is 4.38. The lowest BCUT2D eigenvalue weighted by Gasteiger charge is -2.36. The Bertz CT molecular complexity index is 228. The van der Waals surface area contributed by atoms with Crippen molar-refractivity contribution in [1.29, 1.82) is 0 Å². The van der Waals surface area contributed by atoms with Crippen LogP contribution in [-0.4, -0.2) is 10.9 Å². The van der Waals surface area contributed by atoms with E-state index in [1.807, 2.05) is 0 Å². The van der Waals surface area contributed by atoms with E-state index >= 15 is 0 Å². The summed E-state index contributed by atoms with van der Waals surface area (Å²) in [6.07, 6.45) is 2.27. The zero-order valence-corrected chi connectivity index (χ0v) is 8.04. The van der Waals surface area contributed by atoms with Crippen LogP contribution in [0.4, 0.5) is 0 Å². The zero-order valence-electron chi connectivity index (χ0n) is 8.04. The van der Waals surface area contributed by atoms with Crippen LogP contribution in [0.1, 0.15) is 33.6 Å². The van der Waals surface area contributed by atoms with Gasteiger partial charge in [-0.25, -0.2) is 0 Å². The van der Waals surface area contributed by atoms with Crippen molar-refractivity contribution in [2.45, 2.75) is 33.6 Å². The molecule has 2 aliphatic rings. The average Bonchev–Trinajstić information content (AvgIpc) is 2.52. The number of hydrogen-bond acceptors (Lipinski definition) is 2. The molecule has 0 amide bonds. The molecule has 0 spiro atoms. The fraction of sp³-hybridized carbons (Fsp3) is 0.900. The molecule has 2 saturated carbocycles. The Labute approximate surface area is 73.7 Å². The summed E-state index contributed by atoms with van der Waals surface area (Å²) in [5.41, 5.74) is 1.51. The lowest BCUT2D eigenvalue weighted by atomic mass is 9.69. The first-order chi connectivity index (χ1) is 5.57. The van der Waals surface area contributed by atoms with Gasteiger partial charge in [-0.15, -0.1) is 0 Å². The van der Waals surface area contributed by atoms with Gasteiger partial charge in [0.25, 0.3) is 0 Å². The average molecular weight is 167 g/mol. The van der Waals surface area contributed by atoms with Gasteiger partial charge in [0.1, 0.15) is 0 Å². The third-order valence-corrected chi connectivity index (χ3v) is 4.38. The van der Waals surface area contributed by atoms with Crippen LogP contribution in [0.25, 0.3) is 0 Å². The van der Waals surface area contributed by atoms with Crippen molar-refractivity contribution in [2.75, 3.05) is 0 Å². The van der Waals surface area contributed by atoms with Crippen molar-refractivity contribution in [2.24, 2.45) is 28.3 Å². The smallest absolute Gasteiger partial charge is 0.0607 e. The fourth-order valence-electron chi connectivity index (χ4n) is 2.99. The summed E-state index contributed by atoms with van der Waals surface area (Å²) in [5.74, 6) is 2.00. The summed E-state index contributed by atoms with van der Waals surface area (Å²) in [5, 5.41) is 12.2. The molecule has 2 fully saturated rings. The number of fused-ring (bicyclic) bond motifs is 2. The number of nitrogens with zero attached hydrogens (tertiary/aromatic N) is 1. The number of hydrogen-bond donors (Lipinski definition) is 1. The predicted octanol–water partition coefficient (Wildman–Crippen LogP) is 2.52. The molecule has 2 bridgehead atoms. The highest BCUT2D eigenvalue weighted by atomic mass is 16.4. The van der Waals surface area contributed by atoms with Gasteiger partial charge in [0.2, 0.25) is 0 Å². The van der Waals surface area contributed by atoms with E-state index in [0.29, 0.717) is 17.3 Å². The zero-order chi connectivity index (χ0) is 8.93. The third kappa shape index (κ3) is 0.782. The largest absolute Gasteiger partial charge is 0.411 e. The van der Waals surface area contributed by atoms with E-state index < -0.39 is 0 Å². The van der Waals surface area contributed by atoms with Gasteiger partial charge >= 0.3 is 0 Å². The molecule has 0 aliphatic heterocycles. The van der Waals surface area contributed by atoms with E-state index in [0.717, 1.165) is 18.1 Å². The second-order valence-corrected chi connectivity index (χ2v) is 4.94. The molecule has 2 rings (SSSR count). The fourth-order valence-corrected chi connectivity index (χ4v) is 2.99. The molecule has 3 atom stereocenters. The highest BCUT2D eigenvalue weighted by molar-refractivity contribution is 5.90. The molecule has 2 aliphatic carbocycles. The molecule has 0 unspecified atom stereocenters. The monoisotopic (exact) mass is 167 g/mol. The molecule has 2 heteroatoms. The molecule has 12 heavy (non-hydrogen) atoms. The minimum atomic E-state index is 0.457. The van der Waals surface area contributed by atoms with Crippen LogP contribution < -0.4 is 0 Å². The van der Waals surface area contributed by atoms with Crippen LogP contribution in [-0.2, 0) is 0 Å². The lowest BCUT2D eigenvalue weighted by molar-refractivity contribution is 0.178. The molecule has 0 aromatic rings. The standard InChI is InChI=1S/C10H17NO/c1-6-8-4-7(10(6,2)3)5-9(8)11-12/h6-8,12H,4-5H2,1-3H3/b11-9+/t6-,7+,8+/m0/s1.